The number of rotatable bonds is 5. The average Bonchev–Trinajstić information content (AvgIpc) is 2.26. The lowest BCUT2D eigenvalue weighted by Crippen LogP contribution is -2.11. The first-order chi connectivity index (χ1) is 7.93. The van der Waals surface area contributed by atoms with E-state index >= 15 is 0 Å². The molecule has 0 fully saturated rings. The highest BCUT2D eigenvalue weighted by molar-refractivity contribution is 5.45. The Morgan fingerprint density at radius 2 is 1.76 bits per heavy atom. The van der Waals surface area contributed by atoms with Crippen molar-refractivity contribution in [3.05, 3.63) is 29.8 Å². The molecule has 0 spiro atoms. The van der Waals surface area contributed by atoms with Gasteiger partial charge in [0.05, 0.1) is 5.56 Å². The Bertz CT molecular complexity index is 330. The smallest absolute Gasteiger partial charge is 0.385 e. The van der Waals surface area contributed by atoms with E-state index in [0.29, 0.717) is 5.92 Å². The van der Waals surface area contributed by atoms with E-state index in [9.17, 15) is 13.2 Å². The van der Waals surface area contributed by atoms with Crippen LogP contribution in [0.3, 0.4) is 0 Å². The third kappa shape index (κ3) is 4.67. The van der Waals surface area contributed by atoms with Gasteiger partial charge in [0.2, 0.25) is 0 Å². The number of hydrogen-bond acceptors (Lipinski definition) is 1. The summed E-state index contributed by atoms with van der Waals surface area (Å²) in [6.07, 6.45) is -2.02. The quantitative estimate of drug-likeness (QED) is 0.802. The van der Waals surface area contributed by atoms with Gasteiger partial charge in [-0.3, -0.25) is 0 Å². The molecule has 0 aromatic heterocycles. The van der Waals surface area contributed by atoms with Crippen molar-refractivity contribution in [1.82, 2.24) is 0 Å². The van der Waals surface area contributed by atoms with Crippen molar-refractivity contribution >= 4 is 5.69 Å². The summed E-state index contributed by atoms with van der Waals surface area (Å²) >= 11 is 0. The Morgan fingerprint density at radius 3 is 2.24 bits per heavy atom. The number of hydrogen-bond donors (Lipinski definition) is 1. The van der Waals surface area contributed by atoms with Gasteiger partial charge in [0.1, 0.15) is 0 Å². The highest BCUT2D eigenvalue weighted by Gasteiger charge is 2.29. The highest BCUT2D eigenvalue weighted by Crippen LogP contribution is 2.29. The van der Waals surface area contributed by atoms with Gasteiger partial charge in [-0.2, -0.15) is 13.2 Å². The zero-order valence-corrected chi connectivity index (χ0v) is 10.1. The Balaban J connectivity index is 2.51. The molecule has 1 atom stereocenters. The van der Waals surface area contributed by atoms with Crippen molar-refractivity contribution in [1.29, 1.82) is 0 Å². The van der Waals surface area contributed by atoms with E-state index in [1.807, 2.05) is 0 Å². The molecule has 1 nitrogen and oxygen atoms in total. The zero-order chi connectivity index (χ0) is 12.9. The second-order valence-corrected chi connectivity index (χ2v) is 4.35. The summed E-state index contributed by atoms with van der Waals surface area (Å²) in [7, 11) is 0. The summed E-state index contributed by atoms with van der Waals surface area (Å²) in [6.45, 7) is 5.04. The highest BCUT2D eigenvalue weighted by atomic mass is 19.4. The van der Waals surface area contributed by atoms with Crippen molar-refractivity contribution in [2.24, 2.45) is 5.92 Å². The molecule has 4 heteroatoms. The number of halogens is 3. The van der Waals surface area contributed by atoms with Crippen LogP contribution >= 0.6 is 0 Å². The normalized spacial score (nSPS) is 13.5. The maximum absolute atomic E-state index is 12.3. The van der Waals surface area contributed by atoms with Crippen LogP contribution in [0.15, 0.2) is 24.3 Å². The van der Waals surface area contributed by atoms with E-state index in [0.717, 1.165) is 37.2 Å². The largest absolute Gasteiger partial charge is 0.416 e. The van der Waals surface area contributed by atoms with Crippen molar-refractivity contribution in [3.63, 3.8) is 0 Å². The Morgan fingerprint density at radius 1 is 1.18 bits per heavy atom. The maximum Gasteiger partial charge on any atom is 0.416 e. The lowest BCUT2D eigenvalue weighted by atomic mass is 10.1. The average molecular weight is 245 g/mol. The number of benzene rings is 1. The fourth-order valence-corrected chi connectivity index (χ4v) is 1.66. The number of nitrogens with one attached hydrogen (secondary N) is 1. The predicted molar refractivity (Wildman–Crippen MR) is 64.0 cm³/mol. The van der Waals surface area contributed by atoms with Crippen LogP contribution in [0, 0.1) is 5.92 Å². The Kier molecular flexibility index (Phi) is 4.85. The summed E-state index contributed by atoms with van der Waals surface area (Å²) in [5.41, 5.74) is 0.130. The molecule has 1 unspecified atom stereocenters. The Hall–Kier alpha value is -1.19. The zero-order valence-electron chi connectivity index (χ0n) is 10.1. The first-order valence-electron chi connectivity index (χ1n) is 5.84. The van der Waals surface area contributed by atoms with Gasteiger partial charge in [0.15, 0.2) is 0 Å². The minimum atomic E-state index is -4.26. The predicted octanol–water partition coefficient (Wildman–Crippen LogP) is 4.55. The van der Waals surface area contributed by atoms with Gasteiger partial charge in [0.25, 0.3) is 0 Å². The molecule has 1 N–H and O–H groups in total. The van der Waals surface area contributed by atoms with Crippen LogP contribution in [-0.2, 0) is 6.18 Å². The molecule has 0 radical (unpaired) electrons. The second kappa shape index (κ2) is 5.94. The molecule has 0 heterocycles. The lowest BCUT2D eigenvalue weighted by molar-refractivity contribution is -0.137. The van der Waals surface area contributed by atoms with Crippen molar-refractivity contribution in [3.8, 4) is 0 Å². The minimum absolute atomic E-state index is 0.530. The topological polar surface area (TPSA) is 12.0 Å². The van der Waals surface area contributed by atoms with E-state index in [-0.39, 0.29) is 0 Å². The van der Waals surface area contributed by atoms with Gasteiger partial charge in [-0.05, 0) is 36.6 Å². The molecule has 0 aliphatic rings. The maximum atomic E-state index is 12.3. The molecule has 0 bridgehead atoms. The van der Waals surface area contributed by atoms with Crippen LogP contribution in [0.25, 0.3) is 0 Å². The van der Waals surface area contributed by atoms with E-state index in [2.05, 4.69) is 19.2 Å². The molecule has 0 amide bonds. The van der Waals surface area contributed by atoms with Crippen LogP contribution in [0.1, 0.15) is 32.3 Å². The summed E-state index contributed by atoms with van der Waals surface area (Å²) in [5, 5.41) is 3.14. The van der Waals surface area contributed by atoms with Crippen LogP contribution in [0.4, 0.5) is 18.9 Å². The van der Waals surface area contributed by atoms with Crippen LogP contribution in [-0.4, -0.2) is 6.54 Å². The van der Waals surface area contributed by atoms with Crippen molar-refractivity contribution in [2.45, 2.75) is 32.9 Å². The third-order valence-corrected chi connectivity index (χ3v) is 2.65. The van der Waals surface area contributed by atoms with E-state index < -0.39 is 11.7 Å². The molecule has 0 saturated heterocycles. The SMILES string of the molecule is CCCC(C)CNc1ccc(C(F)(F)F)cc1. The Labute approximate surface area is 100 Å². The van der Waals surface area contributed by atoms with E-state index in [1.54, 1.807) is 0 Å². The molecule has 0 aliphatic heterocycles. The number of alkyl halides is 3. The molecule has 0 aliphatic carbocycles. The molecule has 0 saturated carbocycles. The summed E-state index contributed by atoms with van der Waals surface area (Å²) in [4.78, 5) is 0. The summed E-state index contributed by atoms with van der Waals surface area (Å²) < 4.78 is 36.9. The van der Waals surface area contributed by atoms with Crippen molar-refractivity contribution in [2.75, 3.05) is 11.9 Å². The molecule has 1 aromatic rings. The summed E-state index contributed by atoms with van der Waals surface area (Å²) in [6, 6.07) is 5.16. The van der Waals surface area contributed by atoms with Crippen LogP contribution < -0.4 is 5.32 Å². The minimum Gasteiger partial charge on any atom is -0.385 e. The fourth-order valence-electron chi connectivity index (χ4n) is 1.66. The van der Waals surface area contributed by atoms with Crippen LogP contribution in [0.2, 0.25) is 0 Å². The summed E-state index contributed by atoms with van der Waals surface area (Å²) in [5.74, 6) is 0.530. The molecular weight excluding hydrogens is 227 g/mol. The first-order valence-corrected chi connectivity index (χ1v) is 5.84. The van der Waals surface area contributed by atoms with Gasteiger partial charge >= 0.3 is 6.18 Å². The molecular formula is C13H18F3N. The van der Waals surface area contributed by atoms with Gasteiger partial charge in [0, 0.05) is 12.2 Å². The van der Waals surface area contributed by atoms with Gasteiger partial charge in [-0.15, -0.1) is 0 Å². The third-order valence-electron chi connectivity index (χ3n) is 2.65. The van der Waals surface area contributed by atoms with E-state index in [1.165, 1.54) is 12.1 Å². The standard InChI is InChI=1S/C13H18F3N/c1-3-4-10(2)9-17-12-7-5-11(6-8-12)13(14,15)16/h5-8,10,17H,3-4,9H2,1-2H3. The molecule has 1 aromatic carbocycles. The van der Waals surface area contributed by atoms with Crippen molar-refractivity contribution < 1.29 is 13.2 Å². The van der Waals surface area contributed by atoms with Crippen LogP contribution in [0.5, 0.6) is 0 Å². The van der Waals surface area contributed by atoms with E-state index in [4.69, 9.17) is 0 Å². The second-order valence-electron chi connectivity index (χ2n) is 4.35. The molecule has 96 valence electrons. The lowest BCUT2D eigenvalue weighted by Gasteiger charge is -2.13. The molecule has 1 rings (SSSR count). The van der Waals surface area contributed by atoms with Gasteiger partial charge in [-0.1, -0.05) is 20.3 Å². The van der Waals surface area contributed by atoms with Gasteiger partial charge < -0.3 is 5.32 Å². The monoisotopic (exact) mass is 245 g/mol. The first kappa shape index (κ1) is 13.9. The fraction of sp³-hybridized carbons (Fsp3) is 0.538. The molecule has 17 heavy (non-hydrogen) atoms. The van der Waals surface area contributed by atoms with Gasteiger partial charge in [-0.25, -0.2) is 0 Å². The number of anilines is 1.